The van der Waals surface area contributed by atoms with E-state index in [4.69, 9.17) is 4.74 Å². The maximum atomic E-state index is 9.57. The largest absolute Gasteiger partial charge is 0.494 e. The van der Waals surface area contributed by atoms with Crippen LogP contribution in [0, 0.1) is 0 Å². The fourth-order valence-corrected chi connectivity index (χ4v) is 1.21. The second-order valence-electron chi connectivity index (χ2n) is 2.93. The topological polar surface area (TPSA) is 29.5 Å². The standard InChI is InChI=1S/C11H16O2/c1-3-11(12)9-6-5-7-10(8-9)13-4-2/h5-8,11-12H,3-4H2,1-2H3/t11-/m0/s1. The van der Waals surface area contributed by atoms with E-state index in [0.29, 0.717) is 6.61 Å². The fraction of sp³-hybridized carbons (Fsp3) is 0.455. The second-order valence-corrected chi connectivity index (χ2v) is 2.93. The summed E-state index contributed by atoms with van der Waals surface area (Å²) < 4.78 is 5.33. The summed E-state index contributed by atoms with van der Waals surface area (Å²) >= 11 is 0. The molecule has 72 valence electrons. The van der Waals surface area contributed by atoms with E-state index < -0.39 is 0 Å². The zero-order valence-electron chi connectivity index (χ0n) is 8.16. The molecule has 13 heavy (non-hydrogen) atoms. The molecule has 0 aliphatic rings. The van der Waals surface area contributed by atoms with E-state index >= 15 is 0 Å². The summed E-state index contributed by atoms with van der Waals surface area (Å²) in [4.78, 5) is 0. The number of aliphatic hydroxyl groups excluding tert-OH is 1. The monoisotopic (exact) mass is 180 g/mol. The molecular formula is C11H16O2. The summed E-state index contributed by atoms with van der Waals surface area (Å²) in [7, 11) is 0. The van der Waals surface area contributed by atoms with Crippen LogP contribution in [-0.2, 0) is 0 Å². The summed E-state index contributed by atoms with van der Waals surface area (Å²) in [6.07, 6.45) is 0.357. The van der Waals surface area contributed by atoms with Gasteiger partial charge in [0.25, 0.3) is 0 Å². The predicted molar refractivity (Wildman–Crippen MR) is 52.9 cm³/mol. The highest BCUT2D eigenvalue weighted by atomic mass is 16.5. The number of ether oxygens (including phenoxy) is 1. The van der Waals surface area contributed by atoms with Crippen molar-refractivity contribution in [3.8, 4) is 5.75 Å². The minimum atomic E-state index is -0.375. The van der Waals surface area contributed by atoms with Gasteiger partial charge >= 0.3 is 0 Å². The van der Waals surface area contributed by atoms with Crippen LogP contribution in [0.15, 0.2) is 24.3 Å². The third-order valence-corrected chi connectivity index (χ3v) is 1.94. The van der Waals surface area contributed by atoms with Crippen LogP contribution >= 0.6 is 0 Å². The highest BCUT2D eigenvalue weighted by Gasteiger charge is 2.04. The van der Waals surface area contributed by atoms with Crippen molar-refractivity contribution in [3.05, 3.63) is 29.8 Å². The van der Waals surface area contributed by atoms with Crippen molar-refractivity contribution in [1.29, 1.82) is 0 Å². The van der Waals surface area contributed by atoms with Crippen LogP contribution in [0.4, 0.5) is 0 Å². The van der Waals surface area contributed by atoms with E-state index in [2.05, 4.69) is 0 Å². The van der Waals surface area contributed by atoms with Gasteiger partial charge in [-0.3, -0.25) is 0 Å². The quantitative estimate of drug-likeness (QED) is 0.771. The van der Waals surface area contributed by atoms with Crippen molar-refractivity contribution in [2.75, 3.05) is 6.61 Å². The number of hydrogen-bond donors (Lipinski definition) is 1. The molecule has 0 heterocycles. The smallest absolute Gasteiger partial charge is 0.119 e. The first-order valence-electron chi connectivity index (χ1n) is 4.68. The zero-order valence-corrected chi connectivity index (χ0v) is 8.16. The molecule has 1 aromatic rings. The second kappa shape index (κ2) is 4.87. The van der Waals surface area contributed by atoms with Crippen LogP contribution < -0.4 is 4.74 Å². The Morgan fingerprint density at radius 1 is 1.38 bits per heavy atom. The minimum absolute atomic E-state index is 0.375. The van der Waals surface area contributed by atoms with Crippen molar-refractivity contribution < 1.29 is 9.84 Å². The molecule has 1 N–H and O–H groups in total. The normalized spacial score (nSPS) is 12.5. The van der Waals surface area contributed by atoms with Gasteiger partial charge in [-0.2, -0.15) is 0 Å². The van der Waals surface area contributed by atoms with Gasteiger partial charge in [0.05, 0.1) is 12.7 Å². The first kappa shape index (κ1) is 10.1. The van der Waals surface area contributed by atoms with E-state index in [-0.39, 0.29) is 6.10 Å². The molecule has 0 saturated carbocycles. The molecule has 2 heteroatoms. The summed E-state index contributed by atoms with van der Waals surface area (Å²) in [5.74, 6) is 0.826. The molecule has 0 aliphatic carbocycles. The molecule has 0 radical (unpaired) electrons. The molecule has 0 fully saturated rings. The molecule has 0 saturated heterocycles. The molecule has 0 unspecified atom stereocenters. The highest BCUT2D eigenvalue weighted by Crippen LogP contribution is 2.20. The van der Waals surface area contributed by atoms with Crippen molar-refractivity contribution in [1.82, 2.24) is 0 Å². The van der Waals surface area contributed by atoms with Gasteiger partial charge in [-0.15, -0.1) is 0 Å². The Morgan fingerprint density at radius 2 is 2.15 bits per heavy atom. The third kappa shape index (κ3) is 2.74. The van der Waals surface area contributed by atoms with Gasteiger partial charge in [-0.1, -0.05) is 19.1 Å². The van der Waals surface area contributed by atoms with Gasteiger partial charge in [-0.05, 0) is 31.0 Å². The zero-order chi connectivity index (χ0) is 9.68. The molecule has 0 amide bonds. The molecule has 2 nitrogen and oxygen atoms in total. The van der Waals surface area contributed by atoms with Crippen molar-refractivity contribution >= 4 is 0 Å². The molecule has 0 bridgehead atoms. The van der Waals surface area contributed by atoms with Gasteiger partial charge < -0.3 is 9.84 Å². The van der Waals surface area contributed by atoms with Crippen molar-refractivity contribution in [3.63, 3.8) is 0 Å². The lowest BCUT2D eigenvalue weighted by Crippen LogP contribution is -1.97. The molecular weight excluding hydrogens is 164 g/mol. The van der Waals surface area contributed by atoms with E-state index in [0.717, 1.165) is 17.7 Å². The average Bonchev–Trinajstić information content (AvgIpc) is 2.18. The molecule has 0 spiro atoms. The van der Waals surface area contributed by atoms with Crippen molar-refractivity contribution in [2.24, 2.45) is 0 Å². The van der Waals surface area contributed by atoms with E-state index in [1.807, 2.05) is 38.1 Å². The Hall–Kier alpha value is -1.02. The van der Waals surface area contributed by atoms with Crippen LogP contribution in [0.2, 0.25) is 0 Å². The van der Waals surface area contributed by atoms with Gasteiger partial charge in [-0.25, -0.2) is 0 Å². The lowest BCUT2D eigenvalue weighted by atomic mass is 10.1. The molecule has 1 atom stereocenters. The van der Waals surface area contributed by atoms with Gasteiger partial charge in [0.2, 0.25) is 0 Å². The number of rotatable bonds is 4. The number of benzene rings is 1. The Kier molecular flexibility index (Phi) is 3.77. The maximum absolute atomic E-state index is 9.57. The Labute approximate surface area is 79.2 Å². The number of aliphatic hydroxyl groups is 1. The Balaban J connectivity index is 2.78. The minimum Gasteiger partial charge on any atom is -0.494 e. The van der Waals surface area contributed by atoms with Gasteiger partial charge in [0.15, 0.2) is 0 Å². The van der Waals surface area contributed by atoms with Crippen LogP contribution in [0.5, 0.6) is 5.75 Å². The van der Waals surface area contributed by atoms with E-state index in [1.165, 1.54) is 0 Å². The predicted octanol–water partition coefficient (Wildman–Crippen LogP) is 2.53. The SMILES string of the molecule is CCOc1cccc([C@@H](O)CC)c1. The van der Waals surface area contributed by atoms with Crippen LogP contribution in [0.1, 0.15) is 31.9 Å². The Morgan fingerprint density at radius 3 is 2.77 bits per heavy atom. The lowest BCUT2D eigenvalue weighted by Gasteiger charge is -2.09. The number of hydrogen-bond acceptors (Lipinski definition) is 2. The molecule has 0 aliphatic heterocycles. The fourth-order valence-electron chi connectivity index (χ4n) is 1.21. The first-order chi connectivity index (χ1) is 6.27. The maximum Gasteiger partial charge on any atom is 0.119 e. The van der Waals surface area contributed by atoms with Crippen molar-refractivity contribution in [2.45, 2.75) is 26.4 Å². The summed E-state index contributed by atoms with van der Waals surface area (Å²) in [5.41, 5.74) is 0.924. The van der Waals surface area contributed by atoms with Crippen LogP contribution in [0.25, 0.3) is 0 Å². The molecule has 0 aromatic heterocycles. The average molecular weight is 180 g/mol. The highest BCUT2D eigenvalue weighted by molar-refractivity contribution is 5.29. The van der Waals surface area contributed by atoms with Crippen LogP contribution in [0.3, 0.4) is 0 Å². The molecule has 1 rings (SSSR count). The van der Waals surface area contributed by atoms with E-state index in [9.17, 15) is 5.11 Å². The lowest BCUT2D eigenvalue weighted by molar-refractivity contribution is 0.173. The first-order valence-corrected chi connectivity index (χ1v) is 4.68. The molecule has 1 aromatic carbocycles. The summed E-state index contributed by atoms with van der Waals surface area (Å²) in [6, 6.07) is 7.60. The van der Waals surface area contributed by atoms with Gasteiger partial charge in [0.1, 0.15) is 5.75 Å². The van der Waals surface area contributed by atoms with Gasteiger partial charge in [0, 0.05) is 0 Å². The Bertz CT molecular complexity index is 258. The third-order valence-electron chi connectivity index (χ3n) is 1.94. The summed E-state index contributed by atoms with van der Waals surface area (Å²) in [5, 5.41) is 9.57. The van der Waals surface area contributed by atoms with Crippen LogP contribution in [-0.4, -0.2) is 11.7 Å². The summed E-state index contributed by atoms with van der Waals surface area (Å²) in [6.45, 7) is 4.56. The van der Waals surface area contributed by atoms with E-state index in [1.54, 1.807) is 0 Å².